The van der Waals surface area contributed by atoms with Gasteiger partial charge < -0.3 is 4.90 Å². The predicted molar refractivity (Wildman–Crippen MR) is 90.9 cm³/mol. The summed E-state index contributed by atoms with van der Waals surface area (Å²) in [6.45, 7) is 3.35. The molecule has 0 aromatic heterocycles. The number of piperidine rings is 1. The molecule has 0 unspecified atom stereocenters. The molecule has 0 spiro atoms. The van der Waals surface area contributed by atoms with E-state index >= 15 is 0 Å². The number of fused-ring (bicyclic) bond motifs is 1. The summed E-state index contributed by atoms with van der Waals surface area (Å²) in [6, 6.07) is 8.09. The molecule has 2 aliphatic heterocycles. The molecule has 0 atom stereocenters. The van der Waals surface area contributed by atoms with Gasteiger partial charge in [0.2, 0.25) is 15.9 Å². The highest BCUT2D eigenvalue weighted by Crippen LogP contribution is 2.30. The molecule has 1 fully saturated rings. The van der Waals surface area contributed by atoms with E-state index < -0.39 is 10.0 Å². The molecule has 0 saturated carbocycles. The number of benzene rings is 1. The summed E-state index contributed by atoms with van der Waals surface area (Å²) in [4.78, 5) is 14.8. The Labute approximate surface area is 138 Å². The van der Waals surface area contributed by atoms with Gasteiger partial charge in [0.25, 0.3) is 0 Å². The minimum atomic E-state index is -3.14. The maximum atomic E-state index is 12.9. The van der Waals surface area contributed by atoms with Crippen molar-refractivity contribution in [2.45, 2.75) is 32.6 Å². The van der Waals surface area contributed by atoms with Crippen LogP contribution in [0, 0.1) is 5.92 Å². The molecule has 0 radical (unpaired) electrons. The molecule has 1 aromatic rings. The lowest BCUT2D eigenvalue weighted by Gasteiger charge is -2.35. The van der Waals surface area contributed by atoms with Gasteiger partial charge in [-0.2, -0.15) is 0 Å². The van der Waals surface area contributed by atoms with Crippen molar-refractivity contribution in [3.05, 3.63) is 29.8 Å². The van der Waals surface area contributed by atoms with Gasteiger partial charge in [-0.15, -0.1) is 0 Å². The fourth-order valence-electron chi connectivity index (χ4n) is 3.55. The Morgan fingerprint density at radius 3 is 2.57 bits per heavy atom. The van der Waals surface area contributed by atoms with Crippen LogP contribution < -0.4 is 4.90 Å². The highest BCUT2D eigenvalue weighted by atomic mass is 32.2. The quantitative estimate of drug-likeness (QED) is 0.848. The number of carbonyl (C=O) groups excluding carboxylic acids is 1. The molecule has 1 aromatic carbocycles. The third-order valence-corrected chi connectivity index (χ3v) is 6.82. The molecule has 0 bridgehead atoms. The summed E-state index contributed by atoms with van der Waals surface area (Å²) in [5, 5.41) is 0. The lowest BCUT2D eigenvalue weighted by Crippen LogP contribution is -2.46. The van der Waals surface area contributed by atoms with E-state index in [1.165, 1.54) is 9.87 Å². The van der Waals surface area contributed by atoms with E-state index in [0.717, 1.165) is 25.1 Å². The van der Waals surface area contributed by atoms with Crippen molar-refractivity contribution in [2.24, 2.45) is 5.92 Å². The Bertz CT molecular complexity index is 679. The summed E-state index contributed by atoms with van der Waals surface area (Å²) in [6.07, 6.45) is 3.26. The van der Waals surface area contributed by atoms with E-state index in [-0.39, 0.29) is 17.6 Å². The normalized spacial score (nSPS) is 20.3. The number of hydrogen-bond acceptors (Lipinski definition) is 3. The second-order valence-electron chi connectivity index (χ2n) is 6.30. The first-order valence-corrected chi connectivity index (χ1v) is 10.0. The number of carbonyl (C=O) groups is 1. The number of para-hydroxylation sites is 1. The Morgan fingerprint density at radius 2 is 1.87 bits per heavy atom. The summed E-state index contributed by atoms with van der Waals surface area (Å²) >= 11 is 0. The standard InChI is InChI=1S/C17H24N2O3S/c1-2-23(21,22)18-12-9-15(10-13-18)17(20)19-11-5-7-14-6-3-4-8-16(14)19/h3-4,6,8,15H,2,5,7,9-13H2,1H3. The van der Waals surface area contributed by atoms with E-state index in [0.29, 0.717) is 25.9 Å². The zero-order chi connectivity index (χ0) is 16.4. The molecule has 6 heteroatoms. The average Bonchev–Trinajstić information content (AvgIpc) is 2.60. The third-order valence-electron chi connectivity index (χ3n) is 4.94. The number of hydrogen-bond donors (Lipinski definition) is 0. The number of rotatable bonds is 3. The van der Waals surface area contributed by atoms with E-state index in [9.17, 15) is 13.2 Å². The summed E-state index contributed by atoms with van der Waals surface area (Å²) in [5.41, 5.74) is 2.27. The lowest BCUT2D eigenvalue weighted by atomic mass is 9.94. The molecular formula is C17H24N2O3S. The fraction of sp³-hybridized carbons (Fsp3) is 0.588. The Hall–Kier alpha value is -1.40. The minimum absolute atomic E-state index is 0.0653. The predicted octanol–water partition coefficient (Wildman–Crippen LogP) is 2.03. The van der Waals surface area contributed by atoms with Crippen LogP contribution in [-0.2, 0) is 21.2 Å². The molecule has 126 valence electrons. The van der Waals surface area contributed by atoms with Gasteiger partial charge in [0, 0.05) is 31.2 Å². The van der Waals surface area contributed by atoms with Crippen molar-refractivity contribution in [1.82, 2.24) is 4.31 Å². The Kier molecular flexibility index (Phi) is 4.73. The van der Waals surface area contributed by atoms with Crippen LogP contribution in [-0.4, -0.2) is 44.0 Å². The molecule has 1 amide bonds. The minimum Gasteiger partial charge on any atom is -0.312 e. The number of aryl methyl sites for hydroxylation is 1. The fourth-order valence-corrected chi connectivity index (χ4v) is 4.68. The van der Waals surface area contributed by atoms with Crippen molar-refractivity contribution in [3.63, 3.8) is 0 Å². The van der Waals surface area contributed by atoms with Crippen LogP contribution in [0.1, 0.15) is 31.7 Å². The van der Waals surface area contributed by atoms with Gasteiger partial charge in [0.1, 0.15) is 0 Å². The maximum absolute atomic E-state index is 12.9. The largest absolute Gasteiger partial charge is 0.312 e. The molecule has 1 saturated heterocycles. The molecule has 3 rings (SSSR count). The molecule has 2 heterocycles. The summed E-state index contributed by atoms with van der Waals surface area (Å²) < 4.78 is 25.4. The molecular weight excluding hydrogens is 312 g/mol. The van der Waals surface area contributed by atoms with Crippen LogP contribution in [0.15, 0.2) is 24.3 Å². The number of nitrogens with zero attached hydrogens (tertiary/aromatic N) is 2. The van der Waals surface area contributed by atoms with E-state index in [1.54, 1.807) is 6.92 Å². The zero-order valence-electron chi connectivity index (χ0n) is 13.6. The smallest absolute Gasteiger partial charge is 0.230 e. The van der Waals surface area contributed by atoms with Crippen LogP contribution in [0.25, 0.3) is 0 Å². The van der Waals surface area contributed by atoms with Gasteiger partial charge in [-0.05, 0) is 44.2 Å². The highest BCUT2D eigenvalue weighted by Gasteiger charge is 2.33. The van der Waals surface area contributed by atoms with Crippen molar-refractivity contribution in [2.75, 3.05) is 30.3 Å². The first kappa shape index (κ1) is 16.5. The van der Waals surface area contributed by atoms with Gasteiger partial charge in [0.15, 0.2) is 0 Å². The van der Waals surface area contributed by atoms with Gasteiger partial charge in [-0.25, -0.2) is 12.7 Å². The van der Waals surface area contributed by atoms with Gasteiger partial charge >= 0.3 is 0 Å². The van der Waals surface area contributed by atoms with Crippen LogP contribution in [0.5, 0.6) is 0 Å². The first-order valence-electron chi connectivity index (χ1n) is 8.40. The van der Waals surface area contributed by atoms with E-state index in [4.69, 9.17) is 0 Å². The van der Waals surface area contributed by atoms with Gasteiger partial charge in [0.05, 0.1) is 5.75 Å². The molecule has 0 N–H and O–H groups in total. The number of sulfonamides is 1. The van der Waals surface area contributed by atoms with Crippen LogP contribution in [0.3, 0.4) is 0 Å². The van der Waals surface area contributed by atoms with Crippen LogP contribution in [0.2, 0.25) is 0 Å². The van der Waals surface area contributed by atoms with Crippen molar-refractivity contribution in [3.8, 4) is 0 Å². The molecule has 5 nitrogen and oxygen atoms in total. The Balaban J connectivity index is 1.69. The maximum Gasteiger partial charge on any atom is 0.230 e. The average molecular weight is 336 g/mol. The first-order chi connectivity index (χ1) is 11.0. The molecule has 0 aliphatic carbocycles. The highest BCUT2D eigenvalue weighted by molar-refractivity contribution is 7.89. The van der Waals surface area contributed by atoms with Gasteiger partial charge in [-0.3, -0.25) is 4.79 Å². The van der Waals surface area contributed by atoms with Crippen LogP contribution in [0.4, 0.5) is 5.69 Å². The van der Waals surface area contributed by atoms with E-state index in [1.807, 2.05) is 23.1 Å². The number of anilines is 1. The lowest BCUT2D eigenvalue weighted by molar-refractivity contribution is -0.123. The number of amides is 1. The summed E-state index contributed by atoms with van der Waals surface area (Å²) in [7, 11) is -3.14. The van der Waals surface area contributed by atoms with Gasteiger partial charge in [-0.1, -0.05) is 18.2 Å². The summed E-state index contributed by atoms with van der Waals surface area (Å²) in [5.74, 6) is 0.223. The SMILES string of the molecule is CCS(=O)(=O)N1CCC(C(=O)N2CCCc3ccccc32)CC1. The van der Waals surface area contributed by atoms with E-state index in [2.05, 4.69) is 6.07 Å². The van der Waals surface area contributed by atoms with Crippen molar-refractivity contribution < 1.29 is 13.2 Å². The Morgan fingerprint density at radius 1 is 1.17 bits per heavy atom. The third kappa shape index (κ3) is 3.28. The second kappa shape index (κ2) is 6.61. The zero-order valence-corrected chi connectivity index (χ0v) is 14.4. The van der Waals surface area contributed by atoms with Crippen LogP contribution >= 0.6 is 0 Å². The monoisotopic (exact) mass is 336 g/mol. The topological polar surface area (TPSA) is 57.7 Å². The second-order valence-corrected chi connectivity index (χ2v) is 8.55. The van der Waals surface area contributed by atoms with Crippen molar-refractivity contribution >= 4 is 21.6 Å². The molecule has 23 heavy (non-hydrogen) atoms. The van der Waals surface area contributed by atoms with Crippen molar-refractivity contribution in [1.29, 1.82) is 0 Å². The molecule has 2 aliphatic rings.